The van der Waals surface area contributed by atoms with E-state index < -0.39 is 5.97 Å². The molecule has 3 heterocycles. The van der Waals surface area contributed by atoms with E-state index in [9.17, 15) is 9.59 Å². The second-order valence-electron chi connectivity index (χ2n) is 8.79. The van der Waals surface area contributed by atoms with Crippen LogP contribution in [0.5, 0.6) is 0 Å². The smallest absolute Gasteiger partial charge is 0.340 e. The van der Waals surface area contributed by atoms with Gasteiger partial charge in [0, 0.05) is 34.0 Å². The summed E-state index contributed by atoms with van der Waals surface area (Å²) in [7, 11) is 0. The predicted molar refractivity (Wildman–Crippen MR) is 145 cm³/mol. The minimum Gasteiger partial charge on any atom is -0.462 e. The molecule has 0 saturated carbocycles. The summed E-state index contributed by atoms with van der Waals surface area (Å²) >= 11 is 1.31. The molecular weight excluding hydrogens is 486 g/mol. The SMILES string of the molecule is CCOC(=O)c1c(C)[nH]c(C(=O)CSc2nnc(-c3c[nH]c4ccccc34)n2-c2cccc(C)c2)c1C. The first-order valence-electron chi connectivity index (χ1n) is 12.0. The molecule has 2 N–H and O–H groups in total. The Kier molecular flexibility index (Phi) is 6.71. The summed E-state index contributed by atoms with van der Waals surface area (Å²) in [5, 5.41) is 10.7. The van der Waals surface area contributed by atoms with E-state index >= 15 is 0 Å². The van der Waals surface area contributed by atoms with Crippen LogP contribution in [0.4, 0.5) is 0 Å². The van der Waals surface area contributed by atoms with Crippen LogP contribution < -0.4 is 0 Å². The number of para-hydroxylation sites is 1. The molecule has 188 valence electrons. The van der Waals surface area contributed by atoms with Crippen molar-refractivity contribution in [2.75, 3.05) is 12.4 Å². The molecule has 0 unspecified atom stereocenters. The van der Waals surface area contributed by atoms with Gasteiger partial charge in [-0.05, 0) is 57.0 Å². The van der Waals surface area contributed by atoms with Gasteiger partial charge in [-0.25, -0.2) is 4.79 Å². The molecule has 0 aliphatic heterocycles. The number of benzene rings is 2. The summed E-state index contributed by atoms with van der Waals surface area (Å²) in [5.41, 5.74) is 6.00. The summed E-state index contributed by atoms with van der Waals surface area (Å²) < 4.78 is 7.14. The lowest BCUT2D eigenvalue weighted by atomic mass is 10.1. The highest BCUT2D eigenvalue weighted by molar-refractivity contribution is 7.99. The highest BCUT2D eigenvalue weighted by Crippen LogP contribution is 2.33. The second kappa shape index (κ2) is 10.1. The van der Waals surface area contributed by atoms with Crippen LogP contribution in [0.25, 0.3) is 28.0 Å². The Morgan fingerprint density at radius 2 is 1.86 bits per heavy atom. The Morgan fingerprint density at radius 3 is 2.65 bits per heavy atom. The van der Waals surface area contributed by atoms with Gasteiger partial charge in [0.2, 0.25) is 0 Å². The highest BCUT2D eigenvalue weighted by atomic mass is 32.2. The number of carbonyl (C=O) groups excluding carboxylic acids is 2. The number of rotatable bonds is 8. The van der Waals surface area contributed by atoms with Gasteiger partial charge in [0.1, 0.15) is 0 Å². The molecule has 0 atom stereocenters. The molecule has 0 bridgehead atoms. The number of H-pyrrole nitrogens is 2. The number of aromatic amines is 2. The Labute approximate surface area is 218 Å². The van der Waals surface area contributed by atoms with Crippen LogP contribution in [0.3, 0.4) is 0 Å². The maximum Gasteiger partial charge on any atom is 0.340 e. The summed E-state index contributed by atoms with van der Waals surface area (Å²) in [4.78, 5) is 32.0. The van der Waals surface area contributed by atoms with Crippen LogP contribution in [0.2, 0.25) is 0 Å². The molecular formula is C28H27N5O3S. The number of nitrogens with one attached hydrogen (secondary N) is 2. The molecule has 0 radical (unpaired) electrons. The zero-order valence-corrected chi connectivity index (χ0v) is 21.9. The second-order valence-corrected chi connectivity index (χ2v) is 9.73. The lowest BCUT2D eigenvalue weighted by molar-refractivity contribution is 0.0525. The molecule has 8 nitrogen and oxygen atoms in total. The molecule has 5 rings (SSSR count). The van der Waals surface area contributed by atoms with E-state index in [1.54, 1.807) is 20.8 Å². The molecule has 0 aliphatic rings. The van der Waals surface area contributed by atoms with E-state index in [0.717, 1.165) is 27.7 Å². The minimum atomic E-state index is -0.428. The average molecular weight is 514 g/mol. The molecule has 0 spiro atoms. The molecule has 37 heavy (non-hydrogen) atoms. The van der Waals surface area contributed by atoms with E-state index in [4.69, 9.17) is 4.74 Å². The van der Waals surface area contributed by atoms with Gasteiger partial charge in [0.25, 0.3) is 0 Å². The third kappa shape index (κ3) is 4.58. The lowest BCUT2D eigenvalue weighted by Crippen LogP contribution is -2.09. The summed E-state index contributed by atoms with van der Waals surface area (Å²) in [6.45, 7) is 7.60. The topological polar surface area (TPSA) is 106 Å². The van der Waals surface area contributed by atoms with E-state index in [0.29, 0.717) is 33.5 Å². The molecule has 0 amide bonds. The standard InChI is InChI=1S/C28H27N5O3S/c1-5-36-27(35)24-17(3)25(30-18(24)4)23(34)15-37-28-32-31-26(33(28)19-10-8-9-16(2)13-19)21-14-29-22-12-7-6-11-20(21)22/h6-14,29-30H,5,15H2,1-4H3. The molecule has 9 heteroatoms. The van der Waals surface area contributed by atoms with Crippen molar-refractivity contribution < 1.29 is 14.3 Å². The minimum absolute atomic E-state index is 0.126. The van der Waals surface area contributed by atoms with Crippen molar-refractivity contribution in [1.29, 1.82) is 0 Å². The van der Waals surface area contributed by atoms with Crippen molar-refractivity contribution in [2.45, 2.75) is 32.9 Å². The Bertz CT molecular complexity index is 1630. The Hall–Kier alpha value is -4.11. The predicted octanol–water partition coefficient (Wildman–Crippen LogP) is 5.82. The number of aromatic nitrogens is 5. The van der Waals surface area contributed by atoms with Crippen molar-refractivity contribution >= 4 is 34.4 Å². The molecule has 2 aromatic carbocycles. The maximum atomic E-state index is 13.2. The number of hydrogen-bond acceptors (Lipinski definition) is 6. The summed E-state index contributed by atoms with van der Waals surface area (Å²) in [5.74, 6) is 0.257. The fourth-order valence-electron chi connectivity index (χ4n) is 4.53. The zero-order valence-electron chi connectivity index (χ0n) is 21.1. The molecule has 0 aliphatic carbocycles. The van der Waals surface area contributed by atoms with Gasteiger partial charge in [-0.15, -0.1) is 10.2 Å². The molecule has 0 fully saturated rings. The molecule has 3 aromatic heterocycles. The third-order valence-electron chi connectivity index (χ3n) is 6.25. The van der Waals surface area contributed by atoms with Crippen molar-refractivity contribution in [3.8, 4) is 17.1 Å². The normalized spacial score (nSPS) is 11.2. The largest absolute Gasteiger partial charge is 0.462 e. The molecule has 5 aromatic rings. The number of ketones is 1. The van der Waals surface area contributed by atoms with E-state index in [1.807, 2.05) is 60.2 Å². The van der Waals surface area contributed by atoms with Crippen LogP contribution in [0, 0.1) is 20.8 Å². The number of thioether (sulfide) groups is 1. The summed E-state index contributed by atoms with van der Waals surface area (Å²) in [6, 6.07) is 16.1. The van der Waals surface area contributed by atoms with Gasteiger partial charge in [-0.3, -0.25) is 9.36 Å². The summed E-state index contributed by atoms with van der Waals surface area (Å²) in [6.07, 6.45) is 1.93. The first-order chi connectivity index (χ1) is 17.9. The number of aryl methyl sites for hydroxylation is 2. The first-order valence-corrected chi connectivity index (χ1v) is 13.0. The van der Waals surface area contributed by atoms with Crippen molar-refractivity contribution in [3.05, 3.63) is 82.8 Å². The van der Waals surface area contributed by atoms with Gasteiger partial charge in [0.15, 0.2) is 16.8 Å². The monoisotopic (exact) mass is 513 g/mol. The van der Waals surface area contributed by atoms with Gasteiger partial charge < -0.3 is 14.7 Å². The first kappa shape index (κ1) is 24.6. The zero-order chi connectivity index (χ0) is 26.1. The maximum absolute atomic E-state index is 13.2. The Morgan fingerprint density at radius 1 is 1.05 bits per heavy atom. The van der Waals surface area contributed by atoms with Crippen LogP contribution in [0.15, 0.2) is 59.9 Å². The van der Waals surface area contributed by atoms with E-state index in [-0.39, 0.29) is 18.1 Å². The van der Waals surface area contributed by atoms with Crippen molar-refractivity contribution in [1.82, 2.24) is 24.7 Å². The van der Waals surface area contributed by atoms with Crippen molar-refractivity contribution in [2.24, 2.45) is 0 Å². The van der Waals surface area contributed by atoms with Gasteiger partial charge in [0.05, 0.1) is 23.6 Å². The van der Waals surface area contributed by atoms with Crippen LogP contribution in [0.1, 0.15) is 44.6 Å². The number of hydrogen-bond donors (Lipinski definition) is 2. The Balaban J connectivity index is 1.50. The van der Waals surface area contributed by atoms with Crippen LogP contribution in [-0.4, -0.2) is 48.8 Å². The number of esters is 1. The number of nitrogens with zero attached hydrogens (tertiary/aromatic N) is 3. The third-order valence-corrected chi connectivity index (χ3v) is 7.18. The van der Waals surface area contributed by atoms with Crippen LogP contribution in [-0.2, 0) is 4.74 Å². The van der Waals surface area contributed by atoms with Gasteiger partial charge in [-0.2, -0.15) is 0 Å². The van der Waals surface area contributed by atoms with E-state index in [2.05, 4.69) is 26.2 Å². The molecule has 0 saturated heterocycles. The lowest BCUT2D eigenvalue weighted by Gasteiger charge is -2.11. The van der Waals surface area contributed by atoms with Crippen molar-refractivity contribution in [3.63, 3.8) is 0 Å². The number of fused-ring (bicyclic) bond motifs is 1. The number of carbonyl (C=O) groups is 2. The van der Waals surface area contributed by atoms with Gasteiger partial charge in [-0.1, -0.05) is 42.1 Å². The fraction of sp³-hybridized carbons (Fsp3) is 0.214. The fourth-order valence-corrected chi connectivity index (χ4v) is 5.36. The average Bonchev–Trinajstić information content (AvgIpc) is 3.57. The number of Topliss-reactive ketones (excluding diaryl/α,β-unsaturated/α-hetero) is 1. The van der Waals surface area contributed by atoms with Crippen LogP contribution >= 0.6 is 11.8 Å². The van der Waals surface area contributed by atoms with Gasteiger partial charge >= 0.3 is 5.97 Å². The number of ether oxygens (including phenoxy) is 1. The van der Waals surface area contributed by atoms with E-state index in [1.165, 1.54) is 11.8 Å². The highest BCUT2D eigenvalue weighted by Gasteiger charge is 2.24. The quantitative estimate of drug-likeness (QED) is 0.154.